The van der Waals surface area contributed by atoms with Crippen molar-refractivity contribution in [3.05, 3.63) is 72.2 Å². The minimum absolute atomic E-state index is 0.252. The lowest BCUT2D eigenvalue weighted by molar-refractivity contribution is 0.0600. The van der Waals surface area contributed by atoms with Crippen LogP contribution in [-0.4, -0.2) is 53.9 Å². The normalized spacial score (nSPS) is 13.9. The van der Waals surface area contributed by atoms with Gasteiger partial charge in [-0.2, -0.15) is 10.2 Å². The minimum Gasteiger partial charge on any atom is -0.493 e. The summed E-state index contributed by atoms with van der Waals surface area (Å²) in [5.74, 6) is 1.35. The second-order valence-electron chi connectivity index (χ2n) is 7.75. The predicted octanol–water partition coefficient (Wildman–Crippen LogP) is 3.21. The first-order chi connectivity index (χ1) is 16.1. The van der Waals surface area contributed by atoms with Crippen LogP contribution in [0.25, 0.3) is 0 Å². The average Bonchev–Trinajstić information content (AvgIpc) is 2.88. The van der Waals surface area contributed by atoms with Gasteiger partial charge in [-0.25, -0.2) is 9.78 Å². The summed E-state index contributed by atoms with van der Waals surface area (Å²) < 4.78 is 10.7. The van der Waals surface area contributed by atoms with Crippen LogP contribution in [0.1, 0.15) is 33.6 Å². The van der Waals surface area contributed by atoms with E-state index in [1.54, 1.807) is 30.5 Å². The Labute approximate surface area is 191 Å². The van der Waals surface area contributed by atoms with Gasteiger partial charge in [0.15, 0.2) is 0 Å². The number of methoxy groups -OCH3 is 1. The van der Waals surface area contributed by atoms with E-state index in [9.17, 15) is 9.59 Å². The lowest BCUT2D eigenvalue weighted by atomic mass is 9.98. The second-order valence-corrected chi connectivity index (χ2v) is 7.75. The molecular weight excluding hydrogens is 422 g/mol. The number of piperidine rings is 1. The number of carbonyl (C=O) groups excluding carboxylic acids is 2. The van der Waals surface area contributed by atoms with E-state index in [-0.39, 0.29) is 11.9 Å². The predicted molar refractivity (Wildman–Crippen MR) is 122 cm³/mol. The van der Waals surface area contributed by atoms with Crippen LogP contribution in [0.5, 0.6) is 5.75 Å². The van der Waals surface area contributed by atoms with Gasteiger partial charge in [-0.15, -0.1) is 0 Å². The van der Waals surface area contributed by atoms with Crippen molar-refractivity contribution in [2.45, 2.75) is 12.8 Å². The Bertz CT molecular complexity index is 1080. The van der Waals surface area contributed by atoms with Crippen molar-refractivity contribution < 1.29 is 19.1 Å². The first-order valence-corrected chi connectivity index (χ1v) is 10.7. The molecule has 1 aromatic carbocycles. The molecule has 0 radical (unpaired) electrons. The van der Waals surface area contributed by atoms with Gasteiger partial charge in [-0.3, -0.25) is 4.79 Å². The van der Waals surface area contributed by atoms with E-state index >= 15 is 0 Å². The first kappa shape index (κ1) is 22.2. The number of esters is 1. The quantitative estimate of drug-likeness (QED) is 0.551. The molecule has 0 unspecified atom stereocenters. The van der Waals surface area contributed by atoms with Crippen LogP contribution in [0.3, 0.4) is 0 Å². The molecule has 9 nitrogen and oxygen atoms in total. The maximum Gasteiger partial charge on any atom is 0.337 e. The van der Waals surface area contributed by atoms with Gasteiger partial charge < -0.3 is 19.7 Å². The number of pyridine rings is 1. The molecule has 2 aromatic heterocycles. The molecule has 0 saturated carbocycles. The summed E-state index contributed by atoms with van der Waals surface area (Å²) in [5, 5.41) is 10.2. The van der Waals surface area contributed by atoms with Gasteiger partial charge in [0.25, 0.3) is 5.91 Å². The second kappa shape index (κ2) is 10.5. The number of nitrogens with one attached hydrogen (secondary N) is 1. The first-order valence-electron chi connectivity index (χ1n) is 10.7. The van der Waals surface area contributed by atoms with Crippen molar-refractivity contribution in [1.29, 1.82) is 0 Å². The summed E-state index contributed by atoms with van der Waals surface area (Å²) in [4.78, 5) is 30.6. The summed E-state index contributed by atoms with van der Waals surface area (Å²) in [6, 6.07) is 12.4. The fourth-order valence-corrected chi connectivity index (χ4v) is 3.65. The zero-order chi connectivity index (χ0) is 23.0. The molecular formula is C24H25N5O4. The van der Waals surface area contributed by atoms with Gasteiger partial charge in [-0.1, -0.05) is 6.07 Å². The standard InChI is InChI=1S/C24H25N5O4/c1-32-24(31)18-3-2-4-21(13-18)33-16-17-8-11-29(12-9-17)22-6-5-20(15-25-22)28-23(30)19-7-10-26-27-14-19/h2-7,10,13-15,17H,8-9,11-12,16H2,1H3,(H,28,30). The molecule has 0 spiro atoms. The van der Waals surface area contributed by atoms with Crippen LogP contribution in [0, 0.1) is 5.92 Å². The van der Waals surface area contributed by atoms with Gasteiger partial charge in [-0.05, 0) is 55.2 Å². The van der Waals surface area contributed by atoms with Gasteiger partial charge in [0.2, 0.25) is 0 Å². The maximum atomic E-state index is 12.2. The summed E-state index contributed by atoms with van der Waals surface area (Å²) >= 11 is 0. The Hall–Kier alpha value is -4.01. The number of nitrogens with zero attached hydrogens (tertiary/aromatic N) is 4. The lowest BCUT2D eigenvalue weighted by Gasteiger charge is -2.32. The highest BCUT2D eigenvalue weighted by atomic mass is 16.5. The Balaban J connectivity index is 1.25. The highest BCUT2D eigenvalue weighted by molar-refractivity contribution is 6.03. The zero-order valence-corrected chi connectivity index (χ0v) is 18.3. The molecule has 170 valence electrons. The van der Waals surface area contributed by atoms with Crippen molar-refractivity contribution in [2.75, 3.05) is 37.0 Å². The number of ether oxygens (including phenoxy) is 2. The van der Waals surface area contributed by atoms with Gasteiger partial charge in [0.1, 0.15) is 11.6 Å². The summed E-state index contributed by atoms with van der Waals surface area (Å²) in [5.41, 5.74) is 1.54. The maximum absolute atomic E-state index is 12.2. The number of hydrogen-bond donors (Lipinski definition) is 1. The Morgan fingerprint density at radius 2 is 1.91 bits per heavy atom. The fourth-order valence-electron chi connectivity index (χ4n) is 3.65. The molecule has 1 amide bonds. The number of benzene rings is 1. The number of amides is 1. The van der Waals surface area contributed by atoms with Gasteiger partial charge in [0.05, 0.1) is 49.1 Å². The number of rotatable bonds is 7. The van der Waals surface area contributed by atoms with Crippen LogP contribution in [-0.2, 0) is 4.74 Å². The number of carbonyl (C=O) groups is 2. The molecule has 1 fully saturated rings. The topological polar surface area (TPSA) is 107 Å². The van der Waals surface area contributed by atoms with Crippen molar-refractivity contribution in [3.63, 3.8) is 0 Å². The molecule has 1 aliphatic heterocycles. The van der Waals surface area contributed by atoms with E-state index in [2.05, 4.69) is 25.4 Å². The summed E-state index contributed by atoms with van der Waals surface area (Å²) in [6.45, 7) is 2.34. The molecule has 3 heterocycles. The summed E-state index contributed by atoms with van der Waals surface area (Å²) in [6.07, 6.45) is 6.51. The molecule has 33 heavy (non-hydrogen) atoms. The minimum atomic E-state index is -0.374. The highest BCUT2D eigenvalue weighted by Gasteiger charge is 2.21. The monoisotopic (exact) mass is 447 g/mol. The largest absolute Gasteiger partial charge is 0.493 e. The Morgan fingerprint density at radius 1 is 1.06 bits per heavy atom. The SMILES string of the molecule is COC(=O)c1cccc(OCC2CCN(c3ccc(NC(=O)c4ccnnc4)cn3)CC2)c1. The van der Waals surface area contributed by atoms with Crippen molar-refractivity contribution in [2.24, 2.45) is 5.92 Å². The molecule has 1 aliphatic rings. The Morgan fingerprint density at radius 3 is 2.61 bits per heavy atom. The number of aromatic nitrogens is 3. The number of anilines is 2. The molecule has 1 saturated heterocycles. The van der Waals surface area contributed by atoms with Crippen LogP contribution < -0.4 is 15.0 Å². The van der Waals surface area contributed by atoms with Crippen molar-refractivity contribution in [3.8, 4) is 5.75 Å². The third-order valence-corrected chi connectivity index (χ3v) is 5.53. The van der Waals surface area contributed by atoms with Crippen LogP contribution in [0.15, 0.2) is 61.1 Å². The molecule has 1 N–H and O–H groups in total. The van der Waals surface area contributed by atoms with E-state index in [0.717, 1.165) is 31.7 Å². The average molecular weight is 447 g/mol. The third-order valence-electron chi connectivity index (χ3n) is 5.53. The van der Waals surface area contributed by atoms with Crippen molar-refractivity contribution >= 4 is 23.4 Å². The summed E-state index contributed by atoms with van der Waals surface area (Å²) in [7, 11) is 1.36. The van der Waals surface area contributed by atoms with Crippen LogP contribution in [0.2, 0.25) is 0 Å². The third kappa shape index (κ3) is 5.82. The highest BCUT2D eigenvalue weighted by Crippen LogP contribution is 2.24. The van der Waals surface area contributed by atoms with Gasteiger partial charge in [0, 0.05) is 13.1 Å². The molecule has 0 bridgehead atoms. The van der Waals surface area contributed by atoms with Crippen LogP contribution in [0.4, 0.5) is 11.5 Å². The lowest BCUT2D eigenvalue weighted by Crippen LogP contribution is -2.36. The molecule has 0 aliphatic carbocycles. The van der Waals surface area contributed by atoms with Crippen molar-refractivity contribution in [1.82, 2.24) is 15.2 Å². The smallest absolute Gasteiger partial charge is 0.337 e. The fraction of sp³-hybridized carbons (Fsp3) is 0.292. The molecule has 4 rings (SSSR count). The van der Waals surface area contributed by atoms with E-state index in [1.807, 2.05) is 18.2 Å². The Kier molecular flexibility index (Phi) is 7.09. The van der Waals surface area contributed by atoms with E-state index in [1.165, 1.54) is 19.5 Å². The number of hydrogen-bond acceptors (Lipinski definition) is 8. The van der Waals surface area contributed by atoms with Crippen LogP contribution >= 0.6 is 0 Å². The molecule has 0 atom stereocenters. The van der Waals surface area contributed by atoms with E-state index in [0.29, 0.717) is 35.1 Å². The van der Waals surface area contributed by atoms with E-state index in [4.69, 9.17) is 9.47 Å². The van der Waals surface area contributed by atoms with Gasteiger partial charge >= 0.3 is 5.97 Å². The zero-order valence-electron chi connectivity index (χ0n) is 18.3. The molecule has 9 heteroatoms. The van der Waals surface area contributed by atoms with E-state index < -0.39 is 0 Å². The molecule has 3 aromatic rings.